The number of benzene rings is 2. The minimum Gasteiger partial charge on any atom is -0.359 e. The molecule has 0 atom stereocenters. The molecule has 0 amide bonds. The number of hydrogen-bond donors (Lipinski definition) is 1. The number of carbonyl (C=O) groups excluding carboxylic acids is 1. The summed E-state index contributed by atoms with van der Waals surface area (Å²) < 4.78 is 1.47. The number of para-hydroxylation sites is 3. The highest BCUT2D eigenvalue weighted by atomic mass is 16.2. The molecular weight excluding hydrogens is 302 g/mol. The highest BCUT2D eigenvalue weighted by Gasteiger charge is 2.15. The van der Waals surface area contributed by atoms with E-state index >= 15 is 0 Å². The predicted molar refractivity (Wildman–Crippen MR) is 88.8 cm³/mol. The number of nitriles is 2. The van der Waals surface area contributed by atoms with Crippen molar-refractivity contribution in [1.29, 1.82) is 10.5 Å². The zero-order chi connectivity index (χ0) is 16.9. The maximum absolute atomic E-state index is 12.9. The highest BCUT2D eigenvalue weighted by molar-refractivity contribution is 6.04. The van der Waals surface area contributed by atoms with Gasteiger partial charge in [0.05, 0.1) is 22.3 Å². The largest absolute Gasteiger partial charge is 0.359 e. The molecule has 2 aromatic carbocycles. The van der Waals surface area contributed by atoms with Crippen LogP contribution in [-0.2, 0) is 0 Å². The average Bonchev–Trinajstić information content (AvgIpc) is 3.06. The Bertz CT molecular complexity index is 1020. The van der Waals surface area contributed by atoms with Crippen LogP contribution in [0.25, 0.3) is 11.0 Å². The Labute approximate surface area is 137 Å². The molecule has 0 aliphatic heterocycles. The molecule has 0 spiro atoms. The fraction of sp³-hybridized carbons (Fsp3) is 0. The van der Waals surface area contributed by atoms with Crippen LogP contribution >= 0.6 is 0 Å². The Morgan fingerprint density at radius 3 is 2.58 bits per heavy atom. The lowest BCUT2D eigenvalue weighted by molar-refractivity contribution is 0.0965. The Hall–Kier alpha value is -3.90. The molecule has 0 aliphatic carbocycles. The Morgan fingerprint density at radius 1 is 1.08 bits per heavy atom. The van der Waals surface area contributed by atoms with Gasteiger partial charge in [-0.2, -0.15) is 10.5 Å². The van der Waals surface area contributed by atoms with Crippen molar-refractivity contribution in [2.45, 2.75) is 0 Å². The second-order valence-electron chi connectivity index (χ2n) is 4.88. The molecule has 1 heterocycles. The molecule has 0 radical (unpaired) electrons. The van der Waals surface area contributed by atoms with Crippen molar-refractivity contribution in [3.05, 3.63) is 72.2 Å². The molecule has 3 rings (SSSR count). The van der Waals surface area contributed by atoms with Crippen LogP contribution in [0.1, 0.15) is 10.4 Å². The molecule has 0 bridgehead atoms. The van der Waals surface area contributed by atoms with Gasteiger partial charge >= 0.3 is 0 Å². The van der Waals surface area contributed by atoms with Gasteiger partial charge < -0.3 is 5.32 Å². The van der Waals surface area contributed by atoms with Crippen LogP contribution in [0, 0.1) is 22.7 Å². The molecule has 3 aromatic rings. The van der Waals surface area contributed by atoms with Crippen molar-refractivity contribution in [2.24, 2.45) is 0 Å². The number of hydrogen-bond acceptors (Lipinski definition) is 5. The average molecular weight is 313 g/mol. The third-order valence-electron chi connectivity index (χ3n) is 3.44. The van der Waals surface area contributed by atoms with E-state index in [0.29, 0.717) is 16.8 Å². The summed E-state index contributed by atoms with van der Waals surface area (Å²) in [6, 6.07) is 17.8. The summed E-state index contributed by atoms with van der Waals surface area (Å²) in [7, 11) is 0. The topological polar surface area (TPSA) is 94.5 Å². The first-order valence-corrected chi connectivity index (χ1v) is 7.07. The molecule has 0 fully saturated rings. The number of imidazole rings is 1. The van der Waals surface area contributed by atoms with Gasteiger partial charge in [-0.05, 0) is 24.3 Å². The van der Waals surface area contributed by atoms with Gasteiger partial charge in [-0.15, -0.1) is 0 Å². The first-order chi connectivity index (χ1) is 11.7. The molecule has 0 unspecified atom stereocenters. The maximum Gasteiger partial charge on any atom is 0.265 e. The van der Waals surface area contributed by atoms with Crippen molar-refractivity contribution >= 4 is 22.6 Å². The summed E-state index contributed by atoms with van der Waals surface area (Å²) >= 11 is 0. The zero-order valence-corrected chi connectivity index (χ0v) is 12.5. The van der Waals surface area contributed by atoms with Gasteiger partial charge in [0.2, 0.25) is 0 Å². The summed E-state index contributed by atoms with van der Waals surface area (Å²) in [6.45, 7) is 0. The molecular formula is C18H11N5O. The fourth-order valence-corrected chi connectivity index (χ4v) is 2.29. The van der Waals surface area contributed by atoms with Gasteiger partial charge in [0.15, 0.2) is 0 Å². The predicted octanol–water partition coefficient (Wildman–Crippen LogP) is 3.07. The maximum atomic E-state index is 12.9. The first kappa shape index (κ1) is 15.0. The summed E-state index contributed by atoms with van der Waals surface area (Å²) in [5.74, 6) is -0.254. The molecule has 6 heteroatoms. The number of anilines is 1. The smallest absolute Gasteiger partial charge is 0.265 e. The van der Waals surface area contributed by atoms with Crippen molar-refractivity contribution in [1.82, 2.24) is 9.55 Å². The van der Waals surface area contributed by atoms with Crippen LogP contribution in [0.3, 0.4) is 0 Å². The number of fused-ring (bicyclic) bond motifs is 1. The number of allylic oxidation sites excluding steroid dienone is 1. The minimum atomic E-state index is -0.254. The standard InChI is InChI=1S/C18H11N5O/c19-9-13(10-20)11-21-15-6-2-1-5-14(15)18(24)23-12-22-16-7-3-4-8-17(16)23/h1-8,11-12,21H. The van der Waals surface area contributed by atoms with E-state index in [-0.39, 0.29) is 11.5 Å². The second kappa shape index (κ2) is 6.47. The Kier molecular flexibility index (Phi) is 4.05. The van der Waals surface area contributed by atoms with Gasteiger partial charge in [-0.1, -0.05) is 24.3 Å². The summed E-state index contributed by atoms with van der Waals surface area (Å²) in [6.07, 6.45) is 2.76. The van der Waals surface area contributed by atoms with Crippen molar-refractivity contribution in [2.75, 3.05) is 5.32 Å². The molecule has 24 heavy (non-hydrogen) atoms. The minimum absolute atomic E-state index is 0.0784. The molecule has 0 aliphatic rings. The van der Waals surface area contributed by atoms with E-state index in [0.717, 1.165) is 5.52 Å². The summed E-state index contributed by atoms with van der Waals surface area (Å²) in [4.78, 5) is 17.1. The second-order valence-corrected chi connectivity index (χ2v) is 4.88. The summed E-state index contributed by atoms with van der Waals surface area (Å²) in [5.41, 5.74) is 2.27. The van der Waals surface area contributed by atoms with Gasteiger partial charge in [0, 0.05) is 6.20 Å². The van der Waals surface area contributed by atoms with Crippen LogP contribution in [0.5, 0.6) is 0 Å². The molecule has 6 nitrogen and oxygen atoms in total. The van der Waals surface area contributed by atoms with Crippen LogP contribution in [0.4, 0.5) is 5.69 Å². The van der Waals surface area contributed by atoms with Crippen molar-refractivity contribution in [3.8, 4) is 12.1 Å². The van der Waals surface area contributed by atoms with E-state index in [9.17, 15) is 4.79 Å². The number of aromatic nitrogens is 2. The molecule has 1 N–H and O–H groups in total. The first-order valence-electron chi connectivity index (χ1n) is 7.07. The van der Waals surface area contributed by atoms with Crippen LogP contribution in [0.2, 0.25) is 0 Å². The summed E-state index contributed by atoms with van der Waals surface area (Å²) in [5, 5.41) is 20.4. The third-order valence-corrected chi connectivity index (χ3v) is 3.44. The van der Waals surface area contributed by atoms with Crippen molar-refractivity contribution < 1.29 is 4.79 Å². The normalized spacial score (nSPS) is 9.75. The van der Waals surface area contributed by atoms with Gasteiger partial charge in [0.25, 0.3) is 5.91 Å². The lowest BCUT2D eigenvalue weighted by Gasteiger charge is -2.09. The SMILES string of the molecule is N#CC(C#N)=CNc1ccccc1C(=O)n1cnc2ccccc21. The number of nitrogens with zero attached hydrogens (tertiary/aromatic N) is 4. The van der Waals surface area contributed by atoms with E-state index in [1.807, 2.05) is 24.3 Å². The third kappa shape index (κ3) is 2.72. The molecule has 0 saturated heterocycles. The number of nitrogens with one attached hydrogen (secondary N) is 1. The zero-order valence-electron chi connectivity index (χ0n) is 12.5. The molecule has 0 saturated carbocycles. The van der Waals surface area contributed by atoms with E-state index in [4.69, 9.17) is 10.5 Å². The molecule has 114 valence electrons. The van der Waals surface area contributed by atoms with Gasteiger partial charge in [0.1, 0.15) is 24.0 Å². The lowest BCUT2D eigenvalue weighted by atomic mass is 10.1. The number of carbonyl (C=O) groups is 1. The monoisotopic (exact) mass is 313 g/mol. The quantitative estimate of drug-likeness (QED) is 0.750. The van der Waals surface area contributed by atoms with Crippen molar-refractivity contribution in [3.63, 3.8) is 0 Å². The Morgan fingerprint density at radius 2 is 1.79 bits per heavy atom. The van der Waals surface area contributed by atoms with Crippen LogP contribution in [0.15, 0.2) is 66.6 Å². The van der Waals surface area contributed by atoms with Gasteiger partial charge in [-0.3, -0.25) is 9.36 Å². The van der Waals surface area contributed by atoms with Crippen LogP contribution in [-0.4, -0.2) is 15.5 Å². The fourth-order valence-electron chi connectivity index (χ4n) is 2.29. The molecule has 1 aromatic heterocycles. The Balaban J connectivity index is 2.01. The van der Waals surface area contributed by atoms with Gasteiger partial charge in [-0.25, -0.2) is 4.98 Å². The van der Waals surface area contributed by atoms with E-state index in [1.54, 1.807) is 36.4 Å². The lowest BCUT2D eigenvalue weighted by Crippen LogP contribution is -2.12. The number of rotatable bonds is 3. The van der Waals surface area contributed by atoms with E-state index in [2.05, 4.69) is 10.3 Å². The van der Waals surface area contributed by atoms with E-state index in [1.165, 1.54) is 17.1 Å². The highest BCUT2D eigenvalue weighted by Crippen LogP contribution is 2.20. The van der Waals surface area contributed by atoms with Crippen LogP contribution < -0.4 is 5.32 Å². The van der Waals surface area contributed by atoms with E-state index < -0.39 is 0 Å².